The molecule has 6 heteroatoms. The lowest BCUT2D eigenvalue weighted by molar-refractivity contribution is -0.161. The Kier molecular flexibility index (Phi) is 4.98. The fourth-order valence-corrected chi connectivity index (χ4v) is 7.93. The Balaban J connectivity index is 1.18. The molecule has 0 spiro atoms. The van der Waals surface area contributed by atoms with Gasteiger partial charge in [-0.1, -0.05) is 29.8 Å². The molecule has 1 aliphatic heterocycles. The number of carbonyl (C=O) groups is 2. The number of nitrogens with zero attached hydrogens (tertiary/aromatic N) is 2. The number of hydrogen-bond acceptors (Lipinski definition) is 3. The molecule has 2 amide bonds. The van der Waals surface area contributed by atoms with E-state index in [0.29, 0.717) is 49.5 Å². The van der Waals surface area contributed by atoms with Gasteiger partial charge in [-0.25, -0.2) is 0 Å². The molecule has 5 aliphatic rings. The number of benzene rings is 1. The summed E-state index contributed by atoms with van der Waals surface area (Å²) in [5.41, 5.74) is 2.90. The molecule has 4 saturated carbocycles. The summed E-state index contributed by atoms with van der Waals surface area (Å²) < 4.78 is 0. The van der Waals surface area contributed by atoms with Gasteiger partial charge < -0.3 is 14.8 Å². The molecule has 4 bridgehead atoms. The molecule has 2 atom stereocenters. The molecule has 6 nitrogen and oxygen atoms in total. The fraction of sp³-hybridized carbons (Fsp3) is 0.536. The van der Waals surface area contributed by atoms with Crippen molar-refractivity contribution >= 4 is 11.8 Å². The molecule has 1 N–H and O–H groups in total. The highest BCUT2D eigenvalue weighted by Crippen LogP contribution is 2.66. The van der Waals surface area contributed by atoms with E-state index in [1.807, 2.05) is 4.90 Å². The minimum absolute atomic E-state index is 0.0866. The van der Waals surface area contributed by atoms with Gasteiger partial charge in [0.1, 0.15) is 0 Å². The maximum Gasteiger partial charge on any atom is 0.255 e. The normalized spacial score (nSPS) is 32.1. The topological polar surface area (TPSA) is 73.5 Å². The number of carbonyl (C=O) groups excluding carboxylic acids is 2. The summed E-state index contributed by atoms with van der Waals surface area (Å²) in [7, 11) is 0. The van der Waals surface area contributed by atoms with Crippen LogP contribution in [-0.4, -0.2) is 52.8 Å². The highest BCUT2D eigenvalue weighted by molar-refractivity contribution is 5.94. The molecular formula is C28H33N3O3. The van der Waals surface area contributed by atoms with Crippen LogP contribution in [0.3, 0.4) is 0 Å². The van der Waals surface area contributed by atoms with E-state index in [-0.39, 0.29) is 22.3 Å². The van der Waals surface area contributed by atoms with Crippen LogP contribution in [0.15, 0.2) is 47.4 Å². The van der Waals surface area contributed by atoms with E-state index in [2.05, 4.69) is 36.2 Å². The number of aryl methyl sites for hydroxylation is 1. The van der Waals surface area contributed by atoms with E-state index in [1.165, 1.54) is 42.7 Å². The van der Waals surface area contributed by atoms with Crippen LogP contribution in [0.5, 0.6) is 0 Å². The maximum absolute atomic E-state index is 14.0. The average molecular weight is 460 g/mol. The maximum atomic E-state index is 14.0. The zero-order valence-corrected chi connectivity index (χ0v) is 19.9. The lowest BCUT2D eigenvalue weighted by Gasteiger charge is -2.62. The average Bonchev–Trinajstić information content (AvgIpc) is 2.83. The molecule has 0 radical (unpaired) electrons. The molecule has 7 rings (SSSR count). The summed E-state index contributed by atoms with van der Waals surface area (Å²) in [4.78, 5) is 44.6. The lowest BCUT2D eigenvalue weighted by atomic mass is 9.42. The van der Waals surface area contributed by atoms with Crippen molar-refractivity contribution in [2.45, 2.75) is 50.9 Å². The van der Waals surface area contributed by atoms with Crippen molar-refractivity contribution in [1.29, 1.82) is 0 Å². The number of H-pyrrole nitrogens is 1. The zero-order chi connectivity index (χ0) is 23.5. The smallest absolute Gasteiger partial charge is 0.255 e. The Morgan fingerprint density at radius 1 is 0.882 bits per heavy atom. The van der Waals surface area contributed by atoms with Crippen molar-refractivity contribution in [2.75, 3.05) is 26.2 Å². The van der Waals surface area contributed by atoms with Gasteiger partial charge >= 0.3 is 0 Å². The van der Waals surface area contributed by atoms with Crippen molar-refractivity contribution in [3.63, 3.8) is 0 Å². The molecule has 2 aromatic rings. The van der Waals surface area contributed by atoms with Gasteiger partial charge in [0.25, 0.3) is 5.91 Å². The first kappa shape index (κ1) is 21.6. The Labute approximate surface area is 200 Å². The van der Waals surface area contributed by atoms with Crippen molar-refractivity contribution in [1.82, 2.24) is 14.8 Å². The highest BCUT2D eigenvalue weighted by atomic mass is 16.2. The molecule has 1 aromatic carbocycles. The monoisotopic (exact) mass is 459 g/mol. The van der Waals surface area contributed by atoms with Crippen LogP contribution in [0.1, 0.15) is 60.0 Å². The predicted octanol–water partition coefficient (Wildman–Crippen LogP) is 3.51. The molecule has 4 aliphatic carbocycles. The molecule has 1 aromatic heterocycles. The number of piperazine rings is 1. The van der Waals surface area contributed by atoms with E-state index >= 15 is 0 Å². The first-order valence-electron chi connectivity index (χ1n) is 12.7. The van der Waals surface area contributed by atoms with Gasteiger partial charge in [-0.3, -0.25) is 14.4 Å². The largest absolute Gasteiger partial charge is 0.339 e. The van der Waals surface area contributed by atoms with E-state index in [9.17, 15) is 14.4 Å². The minimum Gasteiger partial charge on any atom is -0.339 e. The Morgan fingerprint density at radius 3 is 2.15 bits per heavy atom. The van der Waals surface area contributed by atoms with Crippen LogP contribution < -0.4 is 5.56 Å². The summed E-state index contributed by atoms with van der Waals surface area (Å²) in [5.74, 6) is 1.54. The Morgan fingerprint density at radius 2 is 1.53 bits per heavy atom. The molecule has 5 fully saturated rings. The van der Waals surface area contributed by atoms with Gasteiger partial charge in [0.15, 0.2) is 0 Å². The van der Waals surface area contributed by atoms with E-state index in [4.69, 9.17) is 0 Å². The number of rotatable bonds is 3. The predicted molar refractivity (Wildman–Crippen MR) is 130 cm³/mol. The SMILES string of the molecule is Cc1ccc(C23CC4CC(CC(C(=O)N5CCN(C(=O)c6ccc(=O)[nH]c6)CC5)(C4)C2)C3)cc1. The number of aromatic nitrogens is 1. The van der Waals surface area contributed by atoms with Gasteiger partial charge in [-0.15, -0.1) is 0 Å². The third-order valence-corrected chi connectivity index (χ3v) is 9.06. The third-order valence-electron chi connectivity index (χ3n) is 9.06. The number of pyridine rings is 1. The van der Waals surface area contributed by atoms with Crippen LogP contribution in [-0.2, 0) is 10.2 Å². The summed E-state index contributed by atoms with van der Waals surface area (Å²) in [6.45, 7) is 4.38. The molecule has 2 unspecified atom stereocenters. The van der Waals surface area contributed by atoms with Gasteiger partial charge in [0.2, 0.25) is 11.5 Å². The lowest BCUT2D eigenvalue weighted by Crippen LogP contribution is -2.61. The number of hydrogen-bond donors (Lipinski definition) is 1. The minimum atomic E-state index is -0.236. The van der Waals surface area contributed by atoms with E-state index in [1.54, 1.807) is 11.0 Å². The highest BCUT2D eigenvalue weighted by Gasteiger charge is 2.61. The van der Waals surface area contributed by atoms with Gasteiger partial charge in [0.05, 0.1) is 11.0 Å². The standard InChI is InChI=1S/C28H33N3O3/c1-19-2-5-23(6-3-19)27-13-20-12-21(14-27)16-28(15-20,18-27)26(34)31-10-8-30(9-11-31)25(33)22-4-7-24(32)29-17-22/h2-7,17,20-21H,8-16,18H2,1H3,(H,29,32). The third kappa shape index (κ3) is 3.50. The Bertz CT molecular complexity index is 1140. The van der Waals surface area contributed by atoms with Gasteiger partial charge in [-0.05, 0) is 74.3 Å². The number of amides is 2. The van der Waals surface area contributed by atoms with Crippen LogP contribution in [0.4, 0.5) is 0 Å². The molecule has 178 valence electrons. The number of aromatic amines is 1. The first-order chi connectivity index (χ1) is 16.4. The van der Waals surface area contributed by atoms with Gasteiger partial charge in [0, 0.05) is 38.4 Å². The van der Waals surface area contributed by atoms with Crippen molar-refractivity contribution in [3.8, 4) is 0 Å². The van der Waals surface area contributed by atoms with Gasteiger partial charge in [-0.2, -0.15) is 0 Å². The Hall–Kier alpha value is -2.89. The summed E-state index contributed by atoms with van der Waals surface area (Å²) in [6.07, 6.45) is 8.25. The first-order valence-corrected chi connectivity index (χ1v) is 12.7. The van der Waals surface area contributed by atoms with Crippen LogP contribution >= 0.6 is 0 Å². The number of nitrogens with one attached hydrogen (secondary N) is 1. The van der Waals surface area contributed by atoms with Crippen molar-refractivity contribution in [2.24, 2.45) is 17.3 Å². The second-order valence-corrected chi connectivity index (χ2v) is 11.4. The molecular weight excluding hydrogens is 426 g/mol. The molecule has 2 heterocycles. The molecule has 34 heavy (non-hydrogen) atoms. The summed E-state index contributed by atoms with van der Waals surface area (Å²) >= 11 is 0. The van der Waals surface area contributed by atoms with E-state index < -0.39 is 0 Å². The van der Waals surface area contributed by atoms with Crippen molar-refractivity contribution < 1.29 is 9.59 Å². The van der Waals surface area contributed by atoms with Crippen LogP contribution in [0, 0.1) is 24.2 Å². The zero-order valence-electron chi connectivity index (χ0n) is 19.9. The second-order valence-electron chi connectivity index (χ2n) is 11.4. The fourth-order valence-electron chi connectivity index (χ4n) is 7.93. The quantitative estimate of drug-likeness (QED) is 0.764. The second kappa shape index (κ2) is 7.82. The van der Waals surface area contributed by atoms with Crippen molar-refractivity contribution in [3.05, 3.63) is 69.6 Å². The summed E-state index contributed by atoms with van der Waals surface area (Å²) in [6, 6.07) is 12.0. The van der Waals surface area contributed by atoms with Crippen LogP contribution in [0.25, 0.3) is 0 Å². The van der Waals surface area contributed by atoms with E-state index in [0.717, 1.165) is 19.3 Å². The van der Waals surface area contributed by atoms with Crippen LogP contribution in [0.2, 0.25) is 0 Å². The summed E-state index contributed by atoms with van der Waals surface area (Å²) in [5, 5.41) is 0. The molecule has 1 saturated heterocycles.